The highest BCUT2D eigenvalue weighted by Crippen LogP contribution is 2.29. The largest absolute Gasteiger partial charge is 0.379 e. The van der Waals surface area contributed by atoms with Crippen LogP contribution in [-0.4, -0.2) is 19.8 Å². The number of rotatable bonds is 2. The summed E-state index contributed by atoms with van der Waals surface area (Å²) in [6.45, 7) is 5.06. The van der Waals surface area contributed by atoms with E-state index in [9.17, 15) is 8.78 Å². The maximum absolute atomic E-state index is 14.2. The first-order chi connectivity index (χ1) is 8.15. The molecule has 17 heavy (non-hydrogen) atoms. The van der Waals surface area contributed by atoms with Crippen LogP contribution in [0.1, 0.15) is 29.7 Å². The summed E-state index contributed by atoms with van der Waals surface area (Å²) in [5.41, 5.74) is 1.25. The first-order valence-electron chi connectivity index (χ1n) is 5.93. The minimum atomic E-state index is -0.327. The van der Waals surface area contributed by atoms with Crippen LogP contribution in [0.15, 0.2) is 6.07 Å². The van der Waals surface area contributed by atoms with Gasteiger partial charge >= 0.3 is 0 Å². The Morgan fingerprint density at radius 1 is 1.47 bits per heavy atom. The van der Waals surface area contributed by atoms with Crippen LogP contribution in [0.5, 0.6) is 0 Å². The van der Waals surface area contributed by atoms with Crippen molar-refractivity contribution < 1.29 is 13.5 Å². The van der Waals surface area contributed by atoms with Crippen LogP contribution in [0.25, 0.3) is 0 Å². The number of aryl methyl sites for hydroxylation is 1. The van der Waals surface area contributed by atoms with Crippen LogP contribution in [-0.2, 0) is 11.2 Å². The topological polar surface area (TPSA) is 21.3 Å². The number of hydrogen-bond acceptors (Lipinski definition) is 2. The first-order valence-corrected chi connectivity index (χ1v) is 5.93. The minimum absolute atomic E-state index is 0.258. The monoisotopic (exact) mass is 241 g/mol. The lowest BCUT2D eigenvalue weighted by molar-refractivity contribution is 0.121. The van der Waals surface area contributed by atoms with Crippen molar-refractivity contribution in [3.63, 3.8) is 0 Å². The Hall–Kier alpha value is -1.00. The summed E-state index contributed by atoms with van der Waals surface area (Å²) >= 11 is 0. The summed E-state index contributed by atoms with van der Waals surface area (Å²) in [6, 6.07) is 1.01. The molecule has 0 spiro atoms. The molecule has 1 N–H and O–H groups in total. The fraction of sp³-hybridized carbons (Fsp3) is 0.538. The Morgan fingerprint density at radius 2 is 2.24 bits per heavy atom. The van der Waals surface area contributed by atoms with Crippen molar-refractivity contribution in [2.75, 3.05) is 19.8 Å². The zero-order valence-corrected chi connectivity index (χ0v) is 10.1. The molecule has 1 unspecified atom stereocenters. The van der Waals surface area contributed by atoms with Crippen LogP contribution in [0.3, 0.4) is 0 Å². The zero-order chi connectivity index (χ0) is 12.4. The van der Waals surface area contributed by atoms with E-state index in [1.807, 2.05) is 6.92 Å². The molecule has 94 valence electrons. The van der Waals surface area contributed by atoms with Crippen molar-refractivity contribution in [1.82, 2.24) is 5.32 Å². The molecular formula is C13H17F2NO. The molecule has 1 heterocycles. The molecule has 0 fully saturated rings. The Labute approximate surface area is 100.0 Å². The molecule has 1 aliphatic rings. The highest BCUT2D eigenvalue weighted by Gasteiger charge is 2.25. The average molecular weight is 241 g/mol. The number of ether oxygens (including phenoxy) is 1. The number of hydrogen-bond donors (Lipinski definition) is 1. The average Bonchev–Trinajstić information content (AvgIpc) is 2.50. The highest BCUT2D eigenvalue weighted by molar-refractivity contribution is 5.38. The van der Waals surface area contributed by atoms with Gasteiger partial charge < -0.3 is 10.1 Å². The first kappa shape index (κ1) is 12.5. The van der Waals surface area contributed by atoms with Crippen molar-refractivity contribution in [3.05, 3.63) is 34.4 Å². The van der Waals surface area contributed by atoms with E-state index in [1.165, 1.54) is 6.07 Å². The molecule has 0 aliphatic carbocycles. The second-order valence-corrected chi connectivity index (χ2v) is 4.32. The van der Waals surface area contributed by atoms with E-state index in [1.54, 1.807) is 6.92 Å². The Bertz CT molecular complexity index is 420. The standard InChI is InChI=1S/C13H17F2NO/c1-3-16-11-7-17-5-4-9-10(14)6-8(2)13(15)12(9)11/h6,11,16H,3-5,7H2,1-2H3. The number of nitrogens with one attached hydrogen (secondary N) is 1. The predicted molar refractivity (Wildman–Crippen MR) is 62.0 cm³/mol. The van der Waals surface area contributed by atoms with Crippen molar-refractivity contribution in [3.8, 4) is 0 Å². The van der Waals surface area contributed by atoms with Gasteiger partial charge in [-0.1, -0.05) is 6.92 Å². The van der Waals surface area contributed by atoms with Crippen LogP contribution in [0.2, 0.25) is 0 Å². The van der Waals surface area contributed by atoms with E-state index < -0.39 is 0 Å². The quantitative estimate of drug-likeness (QED) is 0.859. The summed E-state index contributed by atoms with van der Waals surface area (Å²) < 4.78 is 33.4. The molecule has 1 atom stereocenters. The van der Waals surface area contributed by atoms with Gasteiger partial charge in [0.2, 0.25) is 0 Å². The third-order valence-corrected chi connectivity index (χ3v) is 3.12. The number of benzene rings is 1. The van der Waals surface area contributed by atoms with E-state index in [0.29, 0.717) is 42.9 Å². The molecule has 2 nitrogen and oxygen atoms in total. The van der Waals surface area contributed by atoms with E-state index >= 15 is 0 Å². The van der Waals surface area contributed by atoms with Crippen LogP contribution in [0, 0.1) is 18.6 Å². The van der Waals surface area contributed by atoms with Crippen LogP contribution < -0.4 is 5.32 Å². The molecule has 0 saturated heterocycles. The molecule has 0 bridgehead atoms. The predicted octanol–water partition coefficient (Wildman–Crippen LogP) is 2.50. The fourth-order valence-corrected chi connectivity index (χ4v) is 2.30. The second-order valence-electron chi connectivity index (χ2n) is 4.32. The fourth-order valence-electron chi connectivity index (χ4n) is 2.30. The SMILES string of the molecule is CCNC1COCCc2c(F)cc(C)c(F)c21. The number of fused-ring (bicyclic) bond motifs is 1. The van der Waals surface area contributed by atoms with Crippen LogP contribution in [0.4, 0.5) is 8.78 Å². The Kier molecular flexibility index (Phi) is 3.74. The summed E-state index contributed by atoms with van der Waals surface area (Å²) in [7, 11) is 0. The lowest BCUT2D eigenvalue weighted by Crippen LogP contribution is -2.26. The zero-order valence-electron chi connectivity index (χ0n) is 10.1. The number of halogens is 2. The molecular weight excluding hydrogens is 224 g/mol. The third kappa shape index (κ3) is 2.33. The third-order valence-electron chi connectivity index (χ3n) is 3.12. The van der Waals surface area contributed by atoms with Crippen molar-refractivity contribution in [2.24, 2.45) is 0 Å². The lowest BCUT2D eigenvalue weighted by atomic mass is 9.95. The van der Waals surface area contributed by atoms with Gasteiger partial charge in [-0.25, -0.2) is 8.78 Å². The van der Waals surface area contributed by atoms with Gasteiger partial charge in [-0.05, 0) is 37.1 Å². The van der Waals surface area contributed by atoms with Gasteiger partial charge in [0.05, 0.1) is 19.3 Å². The summed E-state index contributed by atoms with van der Waals surface area (Å²) in [5.74, 6) is -0.634. The maximum atomic E-state index is 14.2. The summed E-state index contributed by atoms with van der Waals surface area (Å²) in [4.78, 5) is 0. The summed E-state index contributed by atoms with van der Waals surface area (Å²) in [5, 5.41) is 3.14. The van der Waals surface area contributed by atoms with Gasteiger partial charge in [0.15, 0.2) is 0 Å². The van der Waals surface area contributed by atoms with E-state index in [-0.39, 0.29) is 17.7 Å². The Balaban J connectivity index is 2.54. The normalized spacial score (nSPS) is 19.9. The minimum Gasteiger partial charge on any atom is -0.379 e. The molecule has 1 aromatic rings. The molecule has 0 aromatic heterocycles. The molecule has 0 saturated carbocycles. The Morgan fingerprint density at radius 3 is 2.94 bits per heavy atom. The highest BCUT2D eigenvalue weighted by atomic mass is 19.1. The molecule has 0 amide bonds. The molecule has 4 heteroatoms. The maximum Gasteiger partial charge on any atom is 0.131 e. The van der Waals surface area contributed by atoms with Gasteiger partial charge in [-0.2, -0.15) is 0 Å². The van der Waals surface area contributed by atoms with Gasteiger partial charge in [-0.15, -0.1) is 0 Å². The molecule has 2 rings (SSSR count). The van der Waals surface area contributed by atoms with E-state index in [4.69, 9.17) is 4.74 Å². The second kappa shape index (κ2) is 5.10. The molecule has 0 radical (unpaired) electrons. The van der Waals surface area contributed by atoms with Gasteiger partial charge in [0.1, 0.15) is 11.6 Å². The van der Waals surface area contributed by atoms with Crippen molar-refractivity contribution in [2.45, 2.75) is 26.3 Å². The van der Waals surface area contributed by atoms with Crippen LogP contribution >= 0.6 is 0 Å². The van der Waals surface area contributed by atoms with Crippen molar-refractivity contribution in [1.29, 1.82) is 0 Å². The van der Waals surface area contributed by atoms with Gasteiger partial charge in [0, 0.05) is 5.56 Å². The smallest absolute Gasteiger partial charge is 0.131 e. The van der Waals surface area contributed by atoms with Gasteiger partial charge in [0.25, 0.3) is 0 Å². The van der Waals surface area contributed by atoms with Gasteiger partial charge in [-0.3, -0.25) is 0 Å². The molecule has 1 aromatic carbocycles. The lowest BCUT2D eigenvalue weighted by Gasteiger charge is -2.20. The summed E-state index contributed by atoms with van der Waals surface area (Å²) in [6.07, 6.45) is 0.431. The molecule has 1 aliphatic heterocycles. The van der Waals surface area contributed by atoms with E-state index in [0.717, 1.165) is 0 Å². The van der Waals surface area contributed by atoms with Crippen molar-refractivity contribution >= 4 is 0 Å². The number of likely N-dealkylation sites (N-methyl/N-ethyl adjacent to an activating group) is 1. The van der Waals surface area contributed by atoms with E-state index in [2.05, 4.69) is 5.32 Å².